The highest BCUT2D eigenvalue weighted by Gasteiger charge is 2.20. The van der Waals surface area contributed by atoms with Gasteiger partial charge in [-0.15, -0.1) is 0 Å². The molecule has 1 aromatic heterocycles. The summed E-state index contributed by atoms with van der Waals surface area (Å²) in [5.74, 6) is -3.81. The minimum Gasteiger partial charge on any atom is -0.480 e. The molecule has 0 saturated carbocycles. The van der Waals surface area contributed by atoms with E-state index in [0.717, 1.165) is 12.1 Å². The third kappa shape index (κ3) is 2.73. The fourth-order valence-electron chi connectivity index (χ4n) is 1.83. The molecule has 2 N–H and O–H groups in total. The number of hydrogen-bond donors (Lipinski definition) is 2. The van der Waals surface area contributed by atoms with Crippen molar-refractivity contribution in [3.63, 3.8) is 0 Å². The molecule has 6 nitrogen and oxygen atoms in total. The van der Waals surface area contributed by atoms with Crippen LogP contribution in [-0.4, -0.2) is 32.6 Å². The van der Waals surface area contributed by atoms with Crippen LogP contribution in [0.2, 0.25) is 0 Å². The number of nitrogens with zero attached hydrogens (tertiary/aromatic N) is 2. The maximum Gasteiger partial charge on any atom is 0.328 e. The van der Waals surface area contributed by atoms with Crippen molar-refractivity contribution in [2.45, 2.75) is 19.5 Å². The van der Waals surface area contributed by atoms with Crippen molar-refractivity contribution in [2.75, 3.05) is 0 Å². The molecule has 2 rings (SSSR count). The number of carbonyl (C=O) groups is 2. The first kappa shape index (κ1) is 13.9. The number of aromatic nitrogens is 2. The zero-order valence-corrected chi connectivity index (χ0v) is 10.4. The predicted molar refractivity (Wildman–Crippen MR) is 64.9 cm³/mol. The number of rotatable bonds is 4. The van der Waals surface area contributed by atoms with Crippen LogP contribution in [0.3, 0.4) is 0 Å². The van der Waals surface area contributed by atoms with E-state index in [9.17, 15) is 18.4 Å². The Labute approximate surface area is 112 Å². The molecule has 20 heavy (non-hydrogen) atoms. The lowest BCUT2D eigenvalue weighted by Crippen LogP contribution is -2.42. The zero-order valence-electron chi connectivity index (χ0n) is 10.4. The SMILES string of the molecule is CC(=O)NC(Cn1cnc2cc(F)c(F)cc21)C(=O)O. The van der Waals surface area contributed by atoms with Crippen molar-refractivity contribution in [1.82, 2.24) is 14.9 Å². The van der Waals surface area contributed by atoms with Gasteiger partial charge in [0.25, 0.3) is 0 Å². The Morgan fingerprint density at radius 3 is 2.65 bits per heavy atom. The monoisotopic (exact) mass is 283 g/mol. The minimum atomic E-state index is -1.23. The van der Waals surface area contributed by atoms with Crippen molar-refractivity contribution in [3.05, 3.63) is 30.1 Å². The van der Waals surface area contributed by atoms with E-state index in [4.69, 9.17) is 5.11 Å². The minimum absolute atomic E-state index is 0.142. The number of carboxylic acid groups (broad SMARTS) is 1. The number of nitrogens with one attached hydrogen (secondary N) is 1. The number of benzene rings is 1. The van der Waals surface area contributed by atoms with Gasteiger partial charge in [-0.3, -0.25) is 4.79 Å². The molecule has 1 aromatic carbocycles. The highest BCUT2D eigenvalue weighted by atomic mass is 19.2. The highest BCUT2D eigenvalue weighted by molar-refractivity contribution is 5.82. The number of carbonyl (C=O) groups excluding carboxylic acids is 1. The van der Waals surface area contributed by atoms with Gasteiger partial charge in [0.2, 0.25) is 5.91 Å². The van der Waals surface area contributed by atoms with E-state index in [1.165, 1.54) is 17.8 Å². The summed E-state index contributed by atoms with van der Waals surface area (Å²) in [4.78, 5) is 25.8. The lowest BCUT2D eigenvalue weighted by atomic mass is 10.2. The summed E-state index contributed by atoms with van der Waals surface area (Å²) in [6.45, 7) is 1.05. The van der Waals surface area contributed by atoms with E-state index in [2.05, 4.69) is 10.3 Å². The first-order chi connectivity index (χ1) is 9.38. The molecule has 0 aliphatic carbocycles. The summed E-state index contributed by atoms with van der Waals surface area (Å²) < 4.78 is 27.6. The molecule has 1 heterocycles. The summed E-state index contributed by atoms with van der Waals surface area (Å²) in [5, 5.41) is 11.3. The number of carboxylic acids is 1. The maximum absolute atomic E-state index is 13.2. The molecule has 0 fully saturated rings. The topological polar surface area (TPSA) is 84.2 Å². The molecule has 0 spiro atoms. The van der Waals surface area contributed by atoms with Crippen molar-refractivity contribution in [2.24, 2.45) is 0 Å². The average molecular weight is 283 g/mol. The molecule has 0 aliphatic heterocycles. The molecule has 1 unspecified atom stereocenters. The summed E-state index contributed by atoms with van der Waals surface area (Å²) in [6, 6.07) is 0.678. The molecular formula is C12H11F2N3O3. The van der Waals surface area contributed by atoms with Crippen molar-refractivity contribution in [1.29, 1.82) is 0 Å². The van der Waals surface area contributed by atoms with E-state index >= 15 is 0 Å². The fraction of sp³-hybridized carbons (Fsp3) is 0.250. The van der Waals surface area contributed by atoms with Gasteiger partial charge in [-0.25, -0.2) is 18.6 Å². The van der Waals surface area contributed by atoms with Crippen molar-refractivity contribution >= 4 is 22.9 Å². The Morgan fingerprint density at radius 1 is 1.40 bits per heavy atom. The van der Waals surface area contributed by atoms with Gasteiger partial charge in [0.1, 0.15) is 6.04 Å². The third-order valence-electron chi connectivity index (χ3n) is 2.72. The van der Waals surface area contributed by atoms with E-state index in [1.807, 2.05) is 0 Å². The molecule has 0 aliphatic rings. The van der Waals surface area contributed by atoms with Crippen LogP contribution in [0.25, 0.3) is 11.0 Å². The van der Waals surface area contributed by atoms with Crippen LogP contribution in [0.5, 0.6) is 0 Å². The first-order valence-electron chi connectivity index (χ1n) is 5.68. The molecule has 1 amide bonds. The molecule has 106 valence electrons. The van der Waals surface area contributed by atoms with Crippen molar-refractivity contribution in [3.8, 4) is 0 Å². The smallest absolute Gasteiger partial charge is 0.328 e. The number of imidazole rings is 1. The van der Waals surface area contributed by atoms with Gasteiger partial charge in [0, 0.05) is 19.1 Å². The van der Waals surface area contributed by atoms with Gasteiger partial charge in [-0.2, -0.15) is 0 Å². The second-order valence-electron chi connectivity index (χ2n) is 4.24. The second-order valence-corrected chi connectivity index (χ2v) is 4.24. The largest absolute Gasteiger partial charge is 0.480 e. The Kier molecular flexibility index (Phi) is 3.64. The highest BCUT2D eigenvalue weighted by Crippen LogP contribution is 2.17. The summed E-state index contributed by atoms with van der Waals surface area (Å²) in [5.41, 5.74) is 0.455. The van der Waals surface area contributed by atoms with Gasteiger partial charge in [0.15, 0.2) is 11.6 Å². The fourth-order valence-corrected chi connectivity index (χ4v) is 1.83. The quantitative estimate of drug-likeness (QED) is 0.873. The summed E-state index contributed by atoms with van der Waals surface area (Å²) in [7, 11) is 0. The number of halogens is 2. The van der Waals surface area contributed by atoms with Gasteiger partial charge in [-0.05, 0) is 0 Å². The molecule has 0 saturated heterocycles. The van der Waals surface area contributed by atoms with Crippen LogP contribution >= 0.6 is 0 Å². The molecule has 0 bridgehead atoms. The number of hydrogen-bond acceptors (Lipinski definition) is 3. The summed E-state index contributed by atoms with van der Waals surface area (Å²) >= 11 is 0. The predicted octanol–water partition coefficient (Wildman–Crippen LogP) is 0.904. The van der Waals surface area contributed by atoms with Crippen LogP contribution in [0.15, 0.2) is 18.5 Å². The first-order valence-corrected chi connectivity index (χ1v) is 5.68. The average Bonchev–Trinajstić information content (AvgIpc) is 2.71. The van der Waals surface area contributed by atoms with E-state index in [0.29, 0.717) is 0 Å². The normalized spacial score (nSPS) is 12.3. The molecule has 1 atom stereocenters. The van der Waals surface area contributed by atoms with Gasteiger partial charge in [0.05, 0.1) is 23.9 Å². The Morgan fingerprint density at radius 2 is 2.05 bits per heavy atom. The lowest BCUT2D eigenvalue weighted by Gasteiger charge is -2.14. The van der Waals surface area contributed by atoms with Crippen LogP contribution in [0, 0.1) is 11.6 Å². The third-order valence-corrected chi connectivity index (χ3v) is 2.72. The van der Waals surface area contributed by atoms with Crippen LogP contribution in [0.1, 0.15) is 6.92 Å². The molecular weight excluding hydrogens is 272 g/mol. The maximum atomic E-state index is 13.2. The van der Waals surface area contributed by atoms with E-state index < -0.39 is 29.6 Å². The number of amides is 1. The van der Waals surface area contributed by atoms with Gasteiger partial charge in [-0.1, -0.05) is 0 Å². The van der Waals surface area contributed by atoms with E-state index in [1.54, 1.807) is 0 Å². The molecule has 2 aromatic rings. The van der Waals surface area contributed by atoms with Gasteiger partial charge < -0.3 is 15.0 Å². The number of aliphatic carboxylic acids is 1. The van der Waals surface area contributed by atoms with Crippen molar-refractivity contribution < 1.29 is 23.5 Å². The summed E-state index contributed by atoms with van der Waals surface area (Å²) in [6.07, 6.45) is 1.27. The number of fused-ring (bicyclic) bond motifs is 1. The van der Waals surface area contributed by atoms with Crippen LogP contribution in [-0.2, 0) is 16.1 Å². The lowest BCUT2D eigenvalue weighted by molar-refractivity contribution is -0.141. The Bertz CT molecular complexity index is 684. The van der Waals surface area contributed by atoms with Crippen LogP contribution < -0.4 is 5.32 Å². The van der Waals surface area contributed by atoms with Gasteiger partial charge >= 0.3 is 5.97 Å². The Balaban J connectivity index is 2.35. The molecule has 0 radical (unpaired) electrons. The van der Waals surface area contributed by atoms with Crippen LogP contribution in [0.4, 0.5) is 8.78 Å². The zero-order chi connectivity index (χ0) is 14.9. The second kappa shape index (κ2) is 5.24. The Hall–Kier alpha value is -2.51. The van der Waals surface area contributed by atoms with E-state index in [-0.39, 0.29) is 17.6 Å². The molecule has 8 heteroatoms. The standard InChI is InChI=1S/C12H11F2N3O3/c1-6(18)16-10(12(19)20)4-17-5-15-9-2-7(13)8(14)3-11(9)17/h2-3,5,10H,4H2,1H3,(H,16,18)(H,19,20).